The number of carbonyl (C=O) groups excluding carboxylic acids is 2. The highest BCUT2D eigenvalue weighted by Gasteiger charge is 2.25. The van der Waals surface area contributed by atoms with Crippen LogP contribution in [-0.4, -0.2) is 11.1 Å². The van der Waals surface area contributed by atoms with Crippen LogP contribution in [0.3, 0.4) is 0 Å². The first kappa shape index (κ1) is 15.2. The molecule has 0 aromatic heterocycles. The molecule has 6 heteroatoms. The fraction of sp³-hybridized carbons (Fsp3) is 0. The van der Waals surface area contributed by atoms with Crippen LogP contribution in [0.5, 0.6) is 0 Å². The van der Waals surface area contributed by atoms with E-state index in [1.165, 1.54) is 0 Å². The van der Waals surface area contributed by atoms with E-state index in [1.54, 1.807) is 17.8 Å². The highest BCUT2D eigenvalue weighted by atomic mass is 35.5. The smallest absolute Gasteiger partial charge is 0.282 e. The van der Waals surface area contributed by atoms with Crippen molar-refractivity contribution in [3.05, 3.63) is 64.0 Å². The van der Waals surface area contributed by atoms with E-state index in [0.717, 1.165) is 27.1 Å². The van der Waals surface area contributed by atoms with Gasteiger partial charge < -0.3 is 0 Å². The van der Waals surface area contributed by atoms with Gasteiger partial charge in [-0.2, -0.15) is 0 Å². The van der Waals surface area contributed by atoms with Crippen molar-refractivity contribution in [3.63, 3.8) is 0 Å². The van der Waals surface area contributed by atoms with Crippen LogP contribution in [0.2, 0.25) is 5.02 Å². The minimum Gasteiger partial charge on any atom is -0.282 e. The average Bonchev–Trinajstić information content (AvgIpc) is 2.81. The highest BCUT2D eigenvalue weighted by Crippen LogP contribution is 2.34. The predicted octanol–water partition coefficient (Wildman–Crippen LogP) is 4.82. The predicted molar refractivity (Wildman–Crippen MR) is 91.1 cm³/mol. The van der Waals surface area contributed by atoms with Crippen molar-refractivity contribution in [2.24, 2.45) is 0 Å². The topological polar surface area (TPSA) is 46.2 Å². The fourth-order valence-electron chi connectivity index (χ4n) is 1.88. The van der Waals surface area contributed by atoms with Crippen LogP contribution in [0.1, 0.15) is 5.56 Å². The van der Waals surface area contributed by atoms with E-state index in [1.807, 2.05) is 48.5 Å². The Labute approximate surface area is 141 Å². The molecule has 2 aromatic carbocycles. The van der Waals surface area contributed by atoms with Gasteiger partial charge in [0.1, 0.15) is 0 Å². The molecule has 0 unspecified atom stereocenters. The third-order valence-electron chi connectivity index (χ3n) is 2.89. The van der Waals surface area contributed by atoms with Gasteiger partial charge in [0.05, 0.1) is 4.91 Å². The number of halogens is 1. The summed E-state index contributed by atoms with van der Waals surface area (Å²) in [6, 6.07) is 15.3. The normalized spacial score (nSPS) is 16.1. The molecule has 0 aliphatic carbocycles. The zero-order valence-corrected chi connectivity index (χ0v) is 13.6. The lowest BCUT2D eigenvalue weighted by atomic mass is 10.2. The zero-order valence-electron chi connectivity index (χ0n) is 11.2. The molecule has 22 heavy (non-hydrogen) atoms. The lowest BCUT2D eigenvalue weighted by Crippen LogP contribution is -2.17. The van der Waals surface area contributed by atoms with Crippen molar-refractivity contribution < 1.29 is 9.59 Å². The molecule has 1 aliphatic heterocycles. The summed E-state index contributed by atoms with van der Waals surface area (Å²) in [6.45, 7) is 0. The average molecular weight is 348 g/mol. The lowest BCUT2D eigenvalue weighted by molar-refractivity contribution is -0.115. The lowest BCUT2D eigenvalue weighted by Gasteiger charge is -2.06. The highest BCUT2D eigenvalue weighted by molar-refractivity contribution is 8.18. The number of hydrogen-bond donors (Lipinski definition) is 1. The maximum atomic E-state index is 11.7. The summed E-state index contributed by atoms with van der Waals surface area (Å²) in [4.78, 5) is 25.4. The van der Waals surface area contributed by atoms with Gasteiger partial charge in [0.15, 0.2) is 0 Å². The second kappa shape index (κ2) is 6.60. The maximum absolute atomic E-state index is 11.7. The summed E-state index contributed by atoms with van der Waals surface area (Å²) in [5.41, 5.74) is 0.898. The second-order valence-corrected chi connectivity index (χ2v) is 7.01. The molecule has 1 aliphatic rings. The van der Waals surface area contributed by atoms with Crippen LogP contribution in [0.4, 0.5) is 4.79 Å². The van der Waals surface area contributed by atoms with Crippen LogP contribution >= 0.6 is 35.1 Å². The molecule has 110 valence electrons. The Bertz CT molecular complexity index is 772. The maximum Gasteiger partial charge on any atom is 0.290 e. The Hall–Kier alpha value is -1.69. The Morgan fingerprint density at radius 3 is 2.45 bits per heavy atom. The first-order chi connectivity index (χ1) is 10.6. The summed E-state index contributed by atoms with van der Waals surface area (Å²) < 4.78 is 0. The molecule has 0 atom stereocenters. The first-order valence-corrected chi connectivity index (χ1v) is 8.40. The summed E-state index contributed by atoms with van der Waals surface area (Å²) in [5, 5.41) is 2.62. The SMILES string of the molecule is O=C1NC(=O)C(=Cc2ccccc2Sc2ccc(Cl)cc2)S1. The van der Waals surface area contributed by atoms with Crippen molar-refractivity contribution in [2.75, 3.05) is 0 Å². The number of nitrogens with one attached hydrogen (secondary N) is 1. The van der Waals surface area contributed by atoms with E-state index in [2.05, 4.69) is 5.32 Å². The molecule has 2 amide bonds. The van der Waals surface area contributed by atoms with Crippen molar-refractivity contribution in [3.8, 4) is 0 Å². The summed E-state index contributed by atoms with van der Waals surface area (Å²) >= 11 is 8.39. The van der Waals surface area contributed by atoms with Crippen LogP contribution in [0.25, 0.3) is 6.08 Å². The number of amides is 2. The van der Waals surface area contributed by atoms with Crippen molar-refractivity contribution >= 4 is 52.3 Å². The Morgan fingerprint density at radius 1 is 1.05 bits per heavy atom. The van der Waals surface area contributed by atoms with E-state index >= 15 is 0 Å². The third-order valence-corrected chi connectivity index (χ3v) is 5.05. The van der Waals surface area contributed by atoms with Gasteiger partial charge in [-0.25, -0.2) is 0 Å². The Morgan fingerprint density at radius 2 is 1.77 bits per heavy atom. The van der Waals surface area contributed by atoms with E-state index < -0.39 is 0 Å². The van der Waals surface area contributed by atoms with Crippen molar-refractivity contribution in [2.45, 2.75) is 9.79 Å². The molecule has 3 nitrogen and oxygen atoms in total. The largest absolute Gasteiger partial charge is 0.290 e. The summed E-state index contributed by atoms with van der Waals surface area (Å²) in [5.74, 6) is -0.346. The van der Waals surface area contributed by atoms with Crippen LogP contribution in [0.15, 0.2) is 63.2 Å². The molecular formula is C16H10ClNO2S2. The van der Waals surface area contributed by atoms with Gasteiger partial charge in [0.2, 0.25) is 0 Å². The molecular weight excluding hydrogens is 338 g/mol. The van der Waals surface area contributed by atoms with Gasteiger partial charge in [-0.15, -0.1) is 0 Å². The quantitative estimate of drug-likeness (QED) is 0.809. The van der Waals surface area contributed by atoms with Gasteiger partial charge in [0, 0.05) is 14.8 Å². The van der Waals surface area contributed by atoms with Gasteiger partial charge in [-0.05, 0) is 53.7 Å². The zero-order chi connectivity index (χ0) is 15.5. The number of benzene rings is 2. The molecule has 0 spiro atoms. The molecule has 0 radical (unpaired) electrons. The number of rotatable bonds is 3. The minimum absolute atomic E-state index is 0.334. The molecule has 1 heterocycles. The van der Waals surface area contributed by atoms with E-state index in [9.17, 15) is 9.59 Å². The molecule has 2 aromatic rings. The van der Waals surface area contributed by atoms with Crippen LogP contribution < -0.4 is 5.32 Å². The summed E-state index contributed by atoms with van der Waals surface area (Å²) in [7, 11) is 0. The van der Waals surface area contributed by atoms with Gasteiger partial charge in [-0.1, -0.05) is 41.6 Å². The fourth-order valence-corrected chi connectivity index (χ4v) is 3.60. The number of imide groups is 1. The standard InChI is InChI=1S/C16H10ClNO2S2/c17-11-5-7-12(8-6-11)21-13-4-2-1-3-10(13)9-14-15(19)18-16(20)22-14/h1-9H,(H,18,19,20). The Kier molecular flexibility index (Phi) is 4.57. The minimum atomic E-state index is -0.346. The van der Waals surface area contributed by atoms with E-state index in [4.69, 9.17) is 11.6 Å². The van der Waals surface area contributed by atoms with E-state index in [-0.39, 0.29) is 11.1 Å². The number of hydrogen-bond acceptors (Lipinski definition) is 4. The van der Waals surface area contributed by atoms with Crippen molar-refractivity contribution in [1.82, 2.24) is 5.32 Å². The van der Waals surface area contributed by atoms with Gasteiger partial charge in [-0.3, -0.25) is 14.9 Å². The Balaban J connectivity index is 1.90. The first-order valence-electron chi connectivity index (χ1n) is 6.39. The second-order valence-electron chi connectivity index (χ2n) is 4.45. The molecule has 1 N–H and O–H groups in total. The number of carbonyl (C=O) groups is 2. The van der Waals surface area contributed by atoms with Gasteiger partial charge >= 0.3 is 0 Å². The molecule has 1 fully saturated rings. The molecule has 3 rings (SSSR count). The molecule has 0 bridgehead atoms. The number of thioether (sulfide) groups is 1. The monoisotopic (exact) mass is 347 g/mol. The van der Waals surface area contributed by atoms with Gasteiger partial charge in [0.25, 0.3) is 11.1 Å². The molecule has 1 saturated heterocycles. The summed E-state index contributed by atoms with van der Waals surface area (Å²) in [6.07, 6.45) is 1.74. The van der Waals surface area contributed by atoms with Crippen molar-refractivity contribution in [1.29, 1.82) is 0 Å². The van der Waals surface area contributed by atoms with Crippen LogP contribution in [0, 0.1) is 0 Å². The third kappa shape index (κ3) is 3.55. The molecule has 0 saturated carbocycles. The van der Waals surface area contributed by atoms with Crippen LogP contribution in [-0.2, 0) is 4.79 Å². The van der Waals surface area contributed by atoms with E-state index in [0.29, 0.717) is 9.93 Å².